The van der Waals surface area contributed by atoms with Gasteiger partial charge in [-0.3, -0.25) is 0 Å². The van der Waals surface area contributed by atoms with E-state index in [0.29, 0.717) is 13.2 Å². The summed E-state index contributed by atoms with van der Waals surface area (Å²) in [5.74, 6) is 2.36. The van der Waals surface area contributed by atoms with Crippen LogP contribution in [0.15, 0.2) is 54.6 Å². The van der Waals surface area contributed by atoms with Crippen molar-refractivity contribution in [1.29, 1.82) is 0 Å². The molecule has 4 nitrogen and oxygen atoms in total. The number of rotatable bonds is 4. The Morgan fingerprint density at radius 2 is 1.50 bits per heavy atom. The molecule has 0 aromatic heterocycles. The molecule has 1 aliphatic heterocycles. The van der Waals surface area contributed by atoms with Crippen molar-refractivity contribution in [3.63, 3.8) is 0 Å². The van der Waals surface area contributed by atoms with Crippen molar-refractivity contribution in [1.82, 2.24) is 0 Å². The SMILES string of the molecule is NC1COCC1Oc1ccc(Oc2ccccc2)cc1. The third-order valence-corrected chi connectivity index (χ3v) is 3.16. The van der Waals surface area contributed by atoms with Crippen molar-refractivity contribution < 1.29 is 14.2 Å². The smallest absolute Gasteiger partial charge is 0.139 e. The van der Waals surface area contributed by atoms with Crippen LogP contribution >= 0.6 is 0 Å². The molecule has 2 aromatic rings. The quantitative estimate of drug-likeness (QED) is 0.928. The summed E-state index contributed by atoms with van der Waals surface area (Å²) in [6, 6.07) is 17.1. The van der Waals surface area contributed by atoms with Gasteiger partial charge in [0, 0.05) is 0 Å². The van der Waals surface area contributed by atoms with Crippen molar-refractivity contribution in [2.75, 3.05) is 13.2 Å². The third kappa shape index (κ3) is 3.10. The van der Waals surface area contributed by atoms with E-state index in [4.69, 9.17) is 19.9 Å². The van der Waals surface area contributed by atoms with Crippen molar-refractivity contribution >= 4 is 0 Å². The number of ether oxygens (including phenoxy) is 3. The molecule has 1 saturated heterocycles. The highest BCUT2D eigenvalue weighted by atomic mass is 16.5. The maximum Gasteiger partial charge on any atom is 0.139 e. The van der Waals surface area contributed by atoms with Gasteiger partial charge in [0.05, 0.1) is 19.3 Å². The maximum atomic E-state index is 5.88. The molecule has 0 radical (unpaired) electrons. The van der Waals surface area contributed by atoms with Crippen LogP contribution in [0.25, 0.3) is 0 Å². The molecule has 20 heavy (non-hydrogen) atoms. The second kappa shape index (κ2) is 5.94. The maximum absolute atomic E-state index is 5.88. The largest absolute Gasteiger partial charge is 0.486 e. The van der Waals surface area contributed by atoms with E-state index in [2.05, 4.69) is 0 Å². The van der Waals surface area contributed by atoms with Crippen molar-refractivity contribution in [3.05, 3.63) is 54.6 Å². The molecule has 0 saturated carbocycles. The van der Waals surface area contributed by atoms with Gasteiger partial charge < -0.3 is 19.9 Å². The average molecular weight is 271 g/mol. The Labute approximate surface area is 118 Å². The normalized spacial score (nSPS) is 21.6. The summed E-state index contributed by atoms with van der Waals surface area (Å²) in [7, 11) is 0. The molecular weight excluding hydrogens is 254 g/mol. The summed E-state index contributed by atoms with van der Waals surface area (Å²) in [6.07, 6.45) is -0.0732. The van der Waals surface area contributed by atoms with Crippen LogP contribution < -0.4 is 15.2 Å². The number of benzene rings is 2. The van der Waals surface area contributed by atoms with Gasteiger partial charge in [-0.2, -0.15) is 0 Å². The molecule has 0 aliphatic carbocycles. The van der Waals surface area contributed by atoms with E-state index in [1.54, 1.807) is 0 Å². The molecule has 0 spiro atoms. The highest BCUT2D eigenvalue weighted by Crippen LogP contribution is 2.24. The van der Waals surface area contributed by atoms with Crippen LogP contribution in [0.4, 0.5) is 0 Å². The minimum Gasteiger partial charge on any atom is -0.486 e. The van der Waals surface area contributed by atoms with Gasteiger partial charge in [0.2, 0.25) is 0 Å². The Hall–Kier alpha value is -2.04. The van der Waals surface area contributed by atoms with Crippen molar-refractivity contribution in [3.8, 4) is 17.2 Å². The molecule has 2 aromatic carbocycles. The van der Waals surface area contributed by atoms with E-state index >= 15 is 0 Å². The van der Waals surface area contributed by atoms with Crippen LogP contribution in [0.5, 0.6) is 17.2 Å². The van der Waals surface area contributed by atoms with E-state index in [1.807, 2.05) is 54.6 Å². The first-order chi connectivity index (χ1) is 9.81. The molecule has 3 rings (SSSR count). The summed E-state index contributed by atoms with van der Waals surface area (Å²) in [5.41, 5.74) is 5.88. The van der Waals surface area contributed by atoms with Crippen LogP contribution in [-0.4, -0.2) is 25.4 Å². The van der Waals surface area contributed by atoms with Crippen LogP contribution in [0.2, 0.25) is 0 Å². The molecule has 1 fully saturated rings. The van der Waals surface area contributed by atoms with Gasteiger partial charge in [-0.25, -0.2) is 0 Å². The Morgan fingerprint density at radius 3 is 2.15 bits per heavy atom. The van der Waals surface area contributed by atoms with E-state index < -0.39 is 0 Å². The third-order valence-electron chi connectivity index (χ3n) is 3.16. The molecule has 104 valence electrons. The van der Waals surface area contributed by atoms with E-state index in [-0.39, 0.29) is 12.1 Å². The van der Waals surface area contributed by atoms with Gasteiger partial charge in [-0.05, 0) is 36.4 Å². The predicted molar refractivity (Wildman–Crippen MR) is 76.2 cm³/mol. The van der Waals surface area contributed by atoms with Gasteiger partial charge in [0.1, 0.15) is 23.4 Å². The van der Waals surface area contributed by atoms with Crippen LogP contribution in [0, 0.1) is 0 Å². The zero-order chi connectivity index (χ0) is 13.8. The molecule has 2 N–H and O–H groups in total. The average Bonchev–Trinajstić information content (AvgIpc) is 2.88. The first-order valence-corrected chi connectivity index (χ1v) is 6.64. The molecule has 4 heteroatoms. The van der Waals surface area contributed by atoms with Crippen LogP contribution in [0.3, 0.4) is 0 Å². The summed E-state index contributed by atoms with van der Waals surface area (Å²) in [6.45, 7) is 1.10. The summed E-state index contributed by atoms with van der Waals surface area (Å²) < 4.78 is 16.8. The van der Waals surface area contributed by atoms with Gasteiger partial charge in [-0.1, -0.05) is 18.2 Å². The number of nitrogens with two attached hydrogens (primary N) is 1. The van der Waals surface area contributed by atoms with Crippen molar-refractivity contribution in [2.45, 2.75) is 12.1 Å². The molecule has 1 aliphatic rings. The fourth-order valence-electron chi connectivity index (χ4n) is 2.06. The standard InChI is InChI=1S/C16H17NO3/c17-15-10-18-11-16(15)20-14-8-6-13(7-9-14)19-12-4-2-1-3-5-12/h1-9,15-16H,10-11,17H2. The lowest BCUT2D eigenvalue weighted by atomic mass is 10.2. The minimum atomic E-state index is -0.0732. The molecular formula is C16H17NO3. The van der Waals surface area contributed by atoms with E-state index in [1.165, 1.54) is 0 Å². The Kier molecular flexibility index (Phi) is 3.85. The summed E-state index contributed by atoms with van der Waals surface area (Å²) in [4.78, 5) is 0. The van der Waals surface area contributed by atoms with Crippen LogP contribution in [0.1, 0.15) is 0 Å². The fraction of sp³-hybridized carbons (Fsp3) is 0.250. The molecule has 0 bridgehead atoms. The zero-order valence-corrected chi connectivity index (χ0v) is 11.1. The predicted octanol–water partition coefficient (Wildman–Crippen LogP) is 2.58. The molecule has 2 atom stereocenters. The topological polar surface area (TPSA) is 53.7 Å². The van der Waals surface area contributed by atoms with Crippen molar-refractivity contribution in [2.24, 2.45) is 5.73 Å². The molecule has 1 heterocycles. The second-order valence-corrected chi connectivity index (χ2v) is 4.74. The number of para-hydroxylation sites is 1. The fourth-order valence-corrected chi connectivity index (χ4v) is 2.06. The van der Waals surface area contributed by atoms with Gasteiger partial charge in [0.15, 0.2) is 0 Å². The highest BCUT2D eigenvalue weighted by molar-refractivity contribution is 5.35. The number of hydrogen-bond acceptors (Lipinski definition) is 4. The van der Waals surface area contributed by atoms with E-state index in [0.717, 1.165) is 17.2 Å². The Balaban J connectivity index is 1.62. The lowest BCUT2D eigenvalue weighted by molar-refractivity contribution is 0.140. The summed E-state index contributed by atoms with van der Waals surface area (Å²) >= 11 is 0. The Bertz CT molecular complexity index is 541. The lowest BCUT2D eigenvalue weighted by Crippen LogP contribution is -2.37. The molecule has 2 unspecified atom stereocenters. The lowest BCUT2D eigenvalue weighted by Gasteiger charge is -2.16. The second-order valence-electron chi connectivity index (χ2n) is 4.74. The number of hydrogen-bond donors (Lipinski definition) is 1. The summed E-state index contributed by atoms with van der Waals surface area (Å²) in [5, 5.41) is 0. The first-order valence-electron chi connectivity index (χ1n) is 6.64. The Morgan fingerprint density at radius 1 is 0.850 bits per heavy atom. The van der Waals surface area contributed by atoms with Gasteiger partial charge >= 0.3 is 0 Å². The monoisotopic (exact) mass is 271 g/mol. The zero-order valence-electron chi connectivity index (χ0n) is 11.1. The first kappa shape index (κ1) is 13.0. The molecule has 0 amide bonds. The van der Waals surface area contributed by atoms with Gasteiger partial charge in [0.25, 0.3) is 0 Å². The highest BCUT2D eigenvalue weighted by Gasteiger charge is 2.26. The minimum absolute atomic E-state index is 0.0600. The van der Waals surface area contributed by atoms with Crippen LogP contribution in [-0.2, 0) is 4.74 Å². The van der Waals surface area contributed by atoms with E-state index in [9.17, 15) is 0 Å². The van der Waals surface area contributed by atoms with Gasteiger partial charge in [-0.15, -0.1) is 0 Å².